The second kappa shape index (κ2) is 18.2. The van der Waals surface area contributed by atoms with Gasteiger partial charge in [-0.05, 0) is 140 Å². The summed E-state index contributed by atoms with van der Waals surface area (Å²) in [5, 5.41) is 8.41. The molecule has 17 aromatic rings. The summed E-state index contributed by atoms with van der Waals surface area (Å²) in [4.78, 5) is 9.81. The van der Waals surface area contributed by atoms with E-state index in [9.17, 15) is 0 Å². The molecule has 0 atom stereocenters. The first-order chi connectivity index (χ1) is 41.9. The van der Waals surface area contributed by atoms with Gasteiger partial charge < -0.3 is 13.6 Å². The summed E-state index contributed by atoms with van der Waals surface area (Å²) in [6, 6.07) is 95.5. The van der Waals surface area contributed by atoms with E-state index in [-0.39, 0.29) is 5.41 Å². The highest BCUT2D eigenvalue weighted by molar-refractivity contribution is 7.26. The molecule has 0 saturated carbocycles. The molecule has 0 aliphatic heterocycles. The monoisotopic (exact) mass is 1100 g/mol. The Morgan fingerprint density at radius 3 is 1.71 bits per heavy atom. The lowest BCUT2D eigenvalue weighted by atomic mass is 9.81. The van der Waals surface area contributed by atoms with Crippen LogP contribution >= 0.6 is 11.3 Å². The first-order valence-corrected chi connectivity index (χ1v) is 29.9. The average molecular weight is 1100 g/mol. The minimum atomic E-state index is -0.0586. The summed E-state index contributed by atoms with van der Waals surface area (Å²) in [5.41, 5.74) is 25.7. The first-order valence-electron chi connectivity index (χ1n) is 29.1. The van der Waals surface area contributed by atoms with Gasteiger partial charge in [-0.15, -0.1) is 11.3 Å². The van der Waals surface area contributed by atoms with E-state index in [2.05, 4.69) is 284 Å². The van der Waals surface area contributed by atoms with E-state index in [4.69, 9.17) is 14.4 Å². The van der Waals surface area contributed by atoms with Gasteiger partial charge in [0.15, 0.2) is 5.58 Å². The topological polar surface area (TPSA) is 48.8 Å². The van der Waals surface area contributed by atoms with Crippen molar-refractivity contribution in [3.63, 3.8) is 0 Å². The van der Waals surface area contributed by atoms with Crippen LogP contribution in [0.2, 0.25) is 0 Å². The predicted molar refractivity (Wildman–Crippen MR) is 356 cm³/mol. The molecule has 5 heterocycles. The van der Waals surface area contributed by atoms with Crippen LogP contribution in [-0.2, 0) is 5.41 Å². The Balaban J connectivity index is 0.678. The molecule has 0 radical (unpaired) electrons. The molecule has 6 heteroatoms. The molecular weight excluding hydrogens is 1050 g/mol. The molecule has 0 N–H and O–H groups in total. The molecule has 0 saturated heterocycles. The van der Waals surface area contributed by atoms with Crippen molar-refractivity contribution < 1.29 is 4.42 Å². The van der Waals surface area contributed by atoms with E-state index in [0.717, 1.165) is 66.8 Å². The molecular formula is C79H50N4OS. The number of thiophene rings is 1. The van der Waals surface area contributed by atoms with Crippen LogP contribution < -0.4 is 0 Å². The fourth-order valence-electron chi connectivity index (χ4n) is 14.2. The summed E-state index contributed by atoms with van der Waals surface area (Å²) in [5.74, 6) is 0. The van der Waals surface area contributed by atoms with Gasteiger partial charge in [-0.3, -0.25) is 0 Å². The number of hydrogen-bond acceptors (Lipinski definition) is 4. The van der Waals surface area contributed by atoms with Crippen LogP contribution in [0, 0.1) is 0 Å². The molecule has 12 aromatic carbocycles. The quantitative estimate of drug-likeness (QED) is 0.160. The van der Waals surface area contributed by atoms with Crippen molar-refractivity contribution >= 4 is 97.2 Å². The summed E-state index contributed by atoms with van der Waals surface area (Å²) in [7, 11) is 0. The molecule has 0 unspecified atom stereocenters. The lowest BCUT2D eigenvalue weighted by molar-refractivity contribution is 0.660. The van der Waals surface area contributed by atoms with Crippen molar-refractivity contribution in [2.24, 2.45) is 0 Å². The maximum absolute atomic E-state index is 6.74. The highest BCUT2D eigenvalue weighted by Gasteiger charge is 2.35. The third-order valence-electron chi connectivity index (χ3n) is 18.3. The van der Waals surface area contributed by atoms with E-state index in [1.165, 1.54) is 103 Å². The molecule has 0 bridgehead atoms. The highest BCUT2D eigenvalue weighted by Crippen LogP contribution is 2.51. The summed E-state index contributed by atoms with van der Waals surface area (Å²) < 4.78 is 14.1. The Bertz CT molecular complexity index is 5640. The van der Waals surface area contributed by atoms with E-state index < -0.39 is 0 Å². The van der Waals surface area contributed by atoms with Crippen LogP contribution in [0.4, 0.5) is 0 Å². The predicted octanol–water partition coefficient (Wildman–Crippen LogP) is 21.6. The smallest absolute Gasteiger partial charge is 0.180 e. The van der Waals surface area contributed by atoms with E-state index in [1.807, 2.05) is 11.3 Å². The van der Waals surface area contributed by atoms with Crippen LogP contribution in [0.15, 0.2) is 272 Å². The molecule has 1 aliphatic carbocycles. The minimum Gasteiger partial charge on any atom is -0.452 e. The number of rotatable bonds is 7. The lowest BCUT2D eigenvalue weighted by Crippen LogP contribution is -2.14. The molecule has 5 nitrogen and oxygen atoms in total. The number of aromatic nitrogens is 4. The fourth-order valence-corrected chi connectivity index (χ4v) is 15.6. The maximum atomic E-state index is 6.74. The first kappa shape index (κ1) is 47.9. The van der Waals surface area contributed by atoms with Crippen LogP contribution in [0.1, 0.15) is 25.0 Å². The van der Waals surface area contributed by atoms with Crippen molar-refractivity contribution in [2.75, 3.05) is 0 Å². The number of para-hydroxylation sites is 3. The zero-order chi connectivity index (χ0) is 56.1. The van der Waals surface area contributed by atoms with Crippen LogP contribution in [0.25, 0.3) is 164 Å². The Hall–Kier alpha value is -10.7. The van der Waals surface area contributed by atoms with Gasteiger partial charge in [0.05, 0.1) is 22.1 Å². The van der Waals surface area contributed by atoms with E-state index in [1.54, 1.807) is 6.33 Å². The van der Waals surface area contributed by atoms with Gasteiger partial charge >= 0.3 is 0 Å². The number of nitrogens with zero attached hydrogens (tertiary/aromatic N) is 4. The molecule has 1 aliphatic rings. The standard InChI is InChI=1S/C79H50N4OS/c1-79(2)67-26-9-6-19-58(67)59-37-34-52(44-68(59)79)57-23-14-25-64-63-24-13-22-56(77(63)85-78(57)64)48-31-29-47(30-32-48)49-36-40-73-66(43-49)75-76(84-73)74(80-46-81-75)53-15-12-18-55(41-53)83-69-27-10-7-20-60(69)62-38-33-51(45-72(62)83)50-35-39-71-65(42-50)61-21-8-11-28-70(61)82(71)54-16-4-3-5-17-54/h3-46H,1-2H3. The second-order valence-electron chi connectivity index (χ2n) is 23.2. The van der Waals surface area contributed by atoms with Crippen molar-refractivity contribution in [1.82, 2.24) is 19.1 Å². The molecule has 5 aromatic heterocycles. The maximum Gasteiger partial charge on any atom is 0.180 e. The Morgan fingerprint density at radius 2 is 0.894 bits per heavy atom. The Kier molecular flexibility index (Phi) is 10.2. The third kappa shape index (κ3) is 7.16. The zero-order valence-electron chi connectivity index (χ0n) is 46.5. The second-order valence-corrected chi connectivity index (χ2v) is 24.3. The highest BCUT2D eigenvalue weighted by atomic mass is 32.1. The van der Waals surface area contributed by atoms with Crippen LogP contribution in [0.3, 0.4) is 0 Å². The summed E-state index contributed by atoms with van der Waals surface area (Å²) >= 11 is 1.90. The van der Waals surface area contributed by atoms with Crippen LogP contribution in [0.5, 0.6) is 0 Å². The molecule has 18 rings (SSSR count). The number of benzene rings is 12. The van der Waals surface area contributed by atoms with Gasteiger partial charge in [-0.25, -0.2) is 9.97 Å². The summed E-state index contributed by atoms with van der Waals surface area (Å²) in [6.07, 6.45) is 1.67. The van der Waals surface area contributed by atoms with Gasteiger partial charge in [0, 0.05) is 69.5 Å². The number of hydrogen-bond donors (Lipinski definition) is 0. The minimum absolute atomic E-state index is 0.0586. The van der Waals surface area contributed by atoms with Gasteiger partial charge in [0.25, 0.3) is 0 Å². The molecule has 398 valence electrons. The molecule has 0 fully saturated rings. The van der Waals surface area contributed by atoms with Gasteiger partial charge in [-0.1, -0.05) is 202 Å². The zero-order valence-corrected chi connectivity index (χ0v) is 47.3. The number of fused-ring (bicyclic) bond motifs is 15. The van der Waals surface area contributed by atoms with Crippen molar-refractivity contribution in [2.45, 2.75) is 19.3 Å². The molecule has 85 heavy (non-hydrogen) atoms. The van der Waals surface area contributed by atoms with E-state index >= 15 is 0 Å². The normalized spacial score (nSPS) is 12.9. The van der Waals surface area contributed by atoms with Gasteiger partial charge in [-0.2, -0.15) is 0 Å². The van der Waals surface area contributed by atoms with Crippen molar-refractivity contribution in [3.8, 4) is 78.3 Å². The lowest BCUT2D eigenvalue weighted by Gasteiger charge is -2.22. The van der Waals surface area contributed by atoms with Crippen LogP contribution in [-0.4, -0.2) is 19.1 Å². The van der Waals surface area contributed by atoms with Gasteiger partial charge in [0.1, 0.15) is 23.1 Å². The number of furan rings is 1. The molecule has 0 spiro atoms. The van der Waals surface area contributed by atoms with Gasteiger partial charge in [0.2, 0.25) is 0 Å². The Labute approximate surface area is 493 Å². The average Bonchev–Trinajstić information content (AvgIpc) is 2.67. The largest absolute Gasteiger partial charge is 0.452 e. The Morgan fingerprint density at radius 1 is 0.341 bits per heavy atom. The van der Waals surface area contributed by atoms with Crippen molar-refractivity contribution in [3.05, 3.63) is 278 Å². The third-order valence-corrected chi connectivity index (χ3v) is 19.6. The SMILES string of the molecule is CC1(C)c2ccccc2-c2ccc(-c3cccc4c3sc3c(-c5ccc(-c6ccc7oc8c(-c9cccc(-n%10c%11ccccc%11c%11ccc(-c%12ccc%13c(c%12)c%12ccccc%12n%13-c%12ccccc%12)cc%11%10)c9)ncnc8c7c6)cc5)cccc34)cc21. The fraction of sp³-hybridized carbons (Fsp3) is 0.0380. The molecule has 0 amide bonds. The summed E-state index contributed by atoms with van der Waals surface area (Å²) in [6.45, 7) is 4.72. The van der Waals surface area contributed by atoms with Crippen molar-refractivity contribution in [1.29, 1.82) is 0 Å². The van der Waals surface area contributed by atoms with E-state index in [0.29, 0.717) is 5.58 Å².